The molecule has 1 nitrogen and oxygen atoms in total. The summed E-state index contributed by atoms with van der Waals surface area (Å²) < 4.78 is -0.0134. The first-order valence-corrected chi connectivity index (χ1v) is 12.7. The summed E-state index contributed by atoms with van der Waals surface area (Å²) in [5.74, 6) is 2.88. The molecule has 2 aliphatic rings. The Hall–Kier alpha value is -1.25. The number of hydrogen-bond acceptors (Lipinski definition) is 2. The third kappa shape index (κ3) is 6.89. The second kappa shape index (κ2) is 13.1. The fourth-order valence-corrected chi connectivity index (χ4v) is 5.72. The monoisotopic (exact) mass is 411 g/mol. The van der Waals surface area contributed by atoms with Crippen LogP contribution in [0.4, 0.5) is 0 Å². The Balaban J connectivity index is 0.00000145. The molecule has 0 radical (unpaired) electrons. The first-order chi connectivity index (χ1) is 14.2. The normalized spacial score (nSPS) is 23.4. The van der Waals surface area contributed by atoms with Gasteiger partial charge in [0.15, 0.2) is 0 Å². The summed E-state index contributed by atoms with van der Waals surface area (Å²) in [6.45, 7) is 10.8. The molecule has 0 aromatic heterocycles. The van der Waals surface area contributed by atoms with Crippen LogP contribution in [0.15, 0.2) is 66.3 Å². The van der Waals surface area contributed by atoms with Crippen LogP contribution >= 0.6 is 11.8 Å². The van der Waals surface area contributed by atoms with E-state index in [0.717, 1.165) is 37.1 Å². The van der Waals surface area contributed by atoms with Crippen molar-refractivity contribution in [1.82, 2.24) is 5.32 Å². The van der Waals surface area contributed by atoms with E-state index in [2.05, 4.69) is 91.6 Å². The lowest BCUT2D eigenvalue weighted by Gasteiger charge is -2.36. The highest BCUT2D eigenvalue weighted by molar-refractivity contribution is 8.00. The Morgan fingerprint density at radius 1 is 1.03 bits per heavy atom. The van der Waals surface area contributed by atoms with Gasteiger partial charge in [0.05, 0.1) is 4.75 Å². The Labute approximate surface area is 184 Å². The fourth-order valence-electron chi connectivity index (χ4n) is 4.41. The molecule has 1 saturated carbocycles. The predicted octanol–water partition coefficient (Wildman–Crippen LogP) is 7.52. The number of nitrogens with one attached hydrogen (secondary N) is 1. The molecule has 29 heavy (non-hydrogen) atoms. The zero-order valence-corrected chi connectivity index (χ0v) is 19.8. The van der Waals surface area contributed by atoms with Gasteiger partial charge in [0.25, 0.3) is 0 Å². The molecule has 160 valence electrons. The molecule has 1 N–H and O–H groups in total. The van der Waals surface area contributed by atoms with Crippen LogP contribution in [0.25, 0.3) is 0 Å². The average Bonchev–Trinajstić information content (AvgIpc) is 3.06. The van der Waals surface area contributed by atoms with Crippen molar-refractivity contribution in [3.8, 4) is 0 Å². The molecule has 0 saturated heterocycles. The first-order valence-electron chi connectivity index (χ1n) is 11.7. The molecular weight excluding hydrogens is 370 g/mol. The van der Waals surface area contributed by atoms with Crippen molar-refractivity contribution in [3.05, 3.63) is 71.8 Å². The Bertz CT molecular complexity index is 652. The number of thioether (sulfide) groups is 1. The second-order valence-corrected chi connectivity index (χ2v) is 9.63. The van der Waals surface area contributed by atoms with Gasteiger partial charge in [-0.1, -0.05) is 101 Å². The zero-order chi connectivity index (χ0) is 21.0. The van der Waals surface area contributed by atoms with E-state index in [1.54, 1.807) is 0 Å². The maximum Gasteiger partial charge on any atom is 0.0778 e. The van der Waals surface area contributed by atoms with E-state index >= 15 is 0 Å². The van der Waals surface area contributed by atoms with Crippen molar-refractivity contribution in [1.29, 1.82) is 0 Å². The van der Waals surface area contributed by atoms with Gasteiger partial charge in [-0.05, 0) is 54.5 Å². The van der Waals surface area contributed by atoms with E-state index in [-0.39, 0.29) is 4.75 Å². The Morgan fingerprint density at radius 3 is 2.45 bits per heavy atom. The molecular formula is C27H41NS. The molecule has 2 aliphatic carbocycles. The van der Waals surface area contributed by atoms with Crippen LogP contribution < -0.4 is 5.32 Å². The molecule has 0 heterocycles. The van der Waals surface area contributed by atoms with Crippen molar-refractivity contribution >= 4 is 11.8 Å². The van der Waals surface area contributed by atoms with E-state index in [0.29, 0.717) is 0 Å². The number of hydrogen-bond donors (Lipinski definition) is 1. The summed E-state index contributed by atoms with van der Waals surface area (Å²) in [6.07, 6.45) is 18.0. The van der Waals surface area contributed by atoms with E-state index in [9.17, 15) is 0 Å². The SMILES string of the molecule is CC.CCSC(CNCC1CCC(C)CC1)(C1=CCC=CC=C1)c1ccccc1. The van der Waals surface area contributed by atoms with Crippen LogP contribution in [0.3, 0.4) is 0 Å². The molecule has 1 aromatic carbocycles. The predicted molar refractivity (Wildman–Crippen MR) is 133 cm³/mol. The van der Waals surface area contributed by atoms with Crippen LogP contribution in [-0.2, 0) is 4.75 Å². The lowest BCUT2D eigenvalue weighted by atomic mass is 9.83. The fraction of sp³-hybridized carbons (Fsp3) is 0.556. The lowest BCUT2D eigenvalue weighted by Crippen LogP contribution is -2.39. The summed E-state index contributed by atoms with van der Waals surface area (Å²) >= 11 is 2.07. The van der Waals surface area contributed by atoms with Gasteiger partial charge in [-0.25, -0.2) is 0 Å². The molecule has 1 atom stereocenters. The lowest BCUT2D eigenvalue weighted by molar-refractivity contribution is 0.280. The van der Waals surface area contributed by atoms with Gasteiger partial charge in [0.2, 0.25) is 0 Å². The van der Waals surface area contributed by atoms with E-state index in [1.165, 1.54) is 36.8 Å². The third-order valence-electron chi connectivity index (χ3n) is 6.04. The summed E-state index contributed by atoms with van der Waals surface area (Å²) in [5, 5.41) is 3.90. The van der Waals surface area contributed by atoms with Gasteiger partial charge in [-0.2, -0.15) is 0 Å². The average molecular weight is 412 g/mol. The largest absolute Gasteiger partial charge is 0.314 e. The quantitative estimate of drug-likeness (QED) is 0.475. The maximum absolute atomic E-state index is 3.90. The molecule has 0 spiro atoms. The van der Waals surface area contributed by atoms with Crippen LogP contribution in [0.5, 0.6) is 0 Å². The highest BCUT2D eigenvalue weighted by atomic mass is 32.2. The number of benzene rings is 1. The first kappa shape index (κ1) is 24.0. The summed E-state index contributed by atoms with van der Waals surface area (Å²) in [6, 6.07) is 11.1. The van der Waals surface area contributed by atoms with Gasteiger partial charge >= 0.3 is 0 Å². The van der Waals surface area contributed by atoms with Crippen molar-refractivity contribution in [2.24, 2.45) is 11.8 Å². The molecule has 0 bridgehead atoms. The minimum atomic E-state index is -0.0134. The number of rotatable bonds is 8. The van der Waals surface area contributed by atoms with Crippen molar-refractivity contribution in [3.63, 3.8) is 0 Å². The molecule has 1 fully saturated rings. The molecule has 1 unspecified atom stereocenters. The topological polar surface area (TPSA) is 12.0 Å². The zero-order valence-electron chi connectivity index (χ0n) is 19.0. The van der Waals surface area contributed by atoms with Gasteiger partial charge in [0, 0.05) is 6.54 Å². The standard InChI is InChI=1S/C25H35NS.C2H6/c1-3-27-25(24-13-9-6-10-14-24,23-11-7-4-5-8-12-23)20-26-19-22-17-15-21(2)16-18-22;1-2/h4-7,9-14,21-22,26H,3,8,15-20H2,1-2H3;1-2H3. The molecule has 0 amide bonds. The van der Waals surface area contributed by atoms with E-state index in [1.807, 2.05) is 13.8 Å². The molecule has 1 aromatic rings. The summed E-state index contributed by atoms with van der Waals surface area (Å²) in [5.41, 5.74) is 2.86. The van der Waals surface area contributed by atoms with Gasteiger partial charge < -0.3 is 5.32 Å². The highest BCUT2D eigenvalue weighted by Gasteiger charge is 2.35. The van der Waals surface area contributed by atoms with Gasteiger partial charge in [0.1, 0.15) is 0 Å². The Morgan fingerprint density at radius 2 is 1.76 bits per heavy atom. The maximum atomic E-state index is 3.90. The summed E-state index contributed by atoms with van der Waals surface area (Å²) in [7, 11) is 0. The molecule has 2 heteroatoms. The van der Waals surface area contributed by atoms with Crippen molar-refractivity contribution < 1.29 is 0 Å². The number of allylic oxidation sites excluding steroid dienone is 5. The smallest absolute Gasteiger partial charge is 0.0778 e. The van der Waals surface area contributed by atoms with Crippen molar-refractivity contribution in [2.75, 3.05) is 18.8 Å². The van der Waals surface area contributed by atoms with Gasteiger partial charge in [-0.15, -0.1) is 11.8 Å². The third-order valence-corrected chi connectivity index (χ3v) is 7.43. The molecule has 3 rings (SSSR count). The van der Waals surface area contributed by atoms with Crippen LogP contribution in [0.1, 0.15) is 65.4 Å². The van der Waals surface area contributed by atoms with E-state index in [4.69, 9.17) is 0 Å². The minimum absolute atomic E-state index is 0.0134. The minimum Gasteiger partial charge on any atom is -0.314 e. The van der Waals surface area contributed by atoms with Crippen LogP contribution in [0, 0.1) is 11.8 Å². The van der Waals surface area contributed by atoms with Gasteiger partial charge in [-0.3, -0.25) is 0 Å². The van der Waals surface area contributed by atoms with Crippen LogP contribution in [-0.4, -0.2) is 18.8 Å². The van der Waals surface area contributed by atoms with Crippen LogP contribution in [0.2, 0.25) is 0 Å². The van der Waals surface area contributed by atoms with Crippen molar-refractivity contribution in [2.45, 2.75) is 64.5 Å². The molecule has 0 aliphatic heterocycles. The summed E-state index contributed by atoms with van der Waals surface area (Å²) in [4.78, 5) is 0. The highest BCUT2D eigenvalue weighted by Crippen LogP contribution is 2.44. The van der Waals surface area contributed by atoms with E-state index < -0.39 is 0 Å². The Kier molecular flexibility index (Phi) is 10.9. The second-order valence-electron chi connectivity index (χ2n) is 8.07.